The summed E-state index contributed by atoms with van der Waals surface area (Å²) in [6.45, 7) is 1.87. The van der Waals surface area contributed by atoms with Crippen molar-refractivity contribution in [3.05, 3.63) is 30.0 Å². The Labute approximate surface area is 144 Å². The number of nitrogens with two attached hydrogens (primary N) is 1. The van der Waals surface area contributed by atoms with Gasteiger partial charge < -0.3 is 15.8 Å². The first-order chi connectivity index (χ1) is 12.0. The molecule has 25 heavy (non-hydrogen) atoms. The van der Waals surface area contributed by atoms with E-state index in [0.717, 1.165) is 11.9 Å². The number of ether oxygens (including phenoxy) is 1. The zero-order valence-corrected chi connectivity index (χ0v) is 13.9. The van der Waals surface area contributed by atoms with Gasteiger partial charge in [0, 0.05) is 11.8 Å². The van der Waals surface area contributed by atoms with Crippen LogP contribution in [0.3, 0.4) is 0 Å². The molecule has 1 fully saturated rings. The summed E-state index contributed by atoms with van der Waals surface area (Å²) in [5.74, 6) is -1.11. The predicted molar refractivity (Wildman–Crippen MR) is 89.7 cm³/mol. The predicted octanol–water partition coefficient (Wildman–Crippen LogP) is 0.766. The van der Waals surface area contributed by atoms with Crippen LogP contribution in [-0.2, 0) is 14.3 Å². The lowest BCUT2D eigenvalue weighted by atomic mass is 10.2. The van der Waals surface area contributed by atoms with E-state index in [1.54, 1.807) is 11.6 Å². The molecule has 8 heteroatoms. The first-order valence-electron chi connectivity index (χ1n) is 8.20. The third kappa shape index (κ3) is 3.62. The van der Waals surface area contributed by atoms with Crippen LogP contribution in [-0.4, -0.2) is 40.7 Å². The van der Waals surface area contributed by atoms with E-state index in [4.69, 9.17) is 10.5 Å². The van der Waals surface area contributed by atoms with Gasteiger partial charge in [0.05, 0.1) is 18.2 Å². The standard InChI is InChI=1S/C17H20N4O4/c1-2-25-15(23)9-19-14(22)8-10-7-13(10)21-12-6-4-3-5-11(12)16(20-21)17(18)24/h3-6,10,13H,2,7-9H2,1H3,(H2,18,24)(H,19,22). The van der Waals surface area contributed by atoms with Gasteiger partial charge in [0.25, 0.3) is 5.91 Å². The van der Waals surface area contributed by atoms with Gasteiger partial charge in [0.15, 0.2) is 5.69 Å². The van der Waals surface area contributed by atoms with Crippen molar-refractivity contribution in [2.24, 2.45) is 11.7 Å². The normalized spacial score (nSPS) is 18.8. The fourth-order valence-corrected chi connectivity index (χ4v) is 2.97. The van der Waals surface area contributed by atoms with Gasteiger partial charge in [0.2, 0.25) is 5.91 Å². The van der Waals surface area contributed by atoms with Crippen LogP contribution in [0.15, 0.2) is 24.3 Å². The van der Waals surface area contributed by atoms with Crippen LogP contribution in [0.25, 0.3) is 10.9 Å². The monoisotopic (exact) mass is 344 g/mol. The molecule has 1 aromatic carbocycles. The summed E-state index contributed by atoms with van der Waals surface area (Å²) < 4.78 is 6.54. The quantitative estimate of drug-likeness (QED) is 0.720. The molecule has 1 saturated carbocycles. The maximum absolute atomic E-state index is 11.9. The Morgan fingerprint density at radius 2 is 2.12 bits per heavy atom. The molecule has 0 aliphatic heterocycles. The molecule has 1 aliphatic carbocycles. The molecule has 8 nitrogen and oxygen atoms in total. The molecule has 0 bridgehead atoms. The van der Waals surface area contributed by atoms with Crippen molar-refractivity contribution in [3.8, 4) is 0 Å². The number of aromatic nitrogens is 2. The van der Waals surface area contributed by atoms with Gasteiger partial charge >= 0.3 is 5.97 Å². The highest BCUT2D eigenvalue weighted by Crippen LogP contribution is 2.46. The summed E-state index contributed by atoms with van der Waals surface area (Å²) in [6.07, 6.45) is 1.08. The number of hydrogen-bond acceptors (Lipinski definition) is 5. The molecule has 1 aromatic heterocycles. The molecule has 2 unspecified atom stereocenters. The van der Waals surface area contributed by atoms with E-state index < -0.39 is 11.9 Å². The van der Waals surface area contributed by atoms with E-state index in [0.29, 0.717) is 11.8 Å². The van der Waals surface area contributed by atoms with Crippen molar-refractivity contribution in [2.45, 2.75) is 25.8 Å². The minimum Gasteiger partial charge on any atom is -0.465 e. The number of para-hydroxylation sites is 1. The SMILES string of the molecule is CCOC(=O)CNC(=O)CC1CC1n1nc(C(N)=O)c2ccccc21. The van der Waals surface area contributed by atoms with Crippen molar-refractivity contribution < 1.29 is 19.1 Å². The average Bonchev–Trinajstić information content (AvgIpc) is 3.22. The number of nitrogens with zero attached hydrogens (tertiary/aromatic N) is 2. The smallest absolute Gasteiger partial charge is 0.325 e. The molecule has 3 rings (SSSR count). The van der Waals surface area contributed by atoms with Gasteiger partial charge in [-0.15, -0.1) is 0 Å². The van der Waals surface area contributed by atoms with E-state index in [-0.39, 0.29) is 36.7 Å². The summed E-state index contributed by atoms with van der Waals surface area (Å²) in [6, 6.07) is 7.43. The lowest BCUT2D eigenvalue weighted by Gasteiger charge is -2.05. The summed E-state index contributed by atoms with van der Waals surface area (Å²) in [5, 5.41) is 7.61. The molecule has 1 aliphatic rings. The Balaban J connectivity index is 1.64. The minimum atomic E-state index is -0.570. The lowest BCUT2D eigenvalue weighted by molar-refractivity contribution is -0.143. The Hall–Kier alpha value is -2.90. The second-order valence-electron chi connectivity index (χ2n) is 6.02. The van der Waals surface area contributed by atoms with Gasteiger partial charge in [-0.2, -0.15) is 5.10 Å². The second-order valence-corrected chi connectivity index (χ2v) is 6.02. The topological polar surface area (TPSA) is 116 Å². The number of carbonyl (C=O) groups excluding carboxylic acids is 3. The fourth-order valence-electron chi connectivity index (χ4n) is 2.97. The Kier molecular flexibility index (Phi) is 4.69. The first kappa shape index (κ1) is 16.9. The molecule has 0 radical (unpaired) electrons. The molecule has 0 spiro atoms. The number of carbonyl (C=O) groups is 3. The Morgan fingerprint density at radius 1 is 1.36 bits per heavy atom. The number of fused-ring (bicyclic) bond motifs is 1. The van der Waals surface area contributed by atoms with Crippen LogP contribution >= 0.6 is 0 Å². The number of nitrogens with one attached hydrogen (secondary N) is 1. The summed E-state index contributed by atoms with van der Waals surface area (Å²) >= 11 is 0. The van der Waals surface area contributed by atoms with Gasteiger partial charge in [0.1, 0.15) is 6.54 Å². The Morgan fingerprint density at radius 3 is 2.84 bits per heavy atom. The third-order valence-electron chi connectivity index (χ3n) is 4.23. The van der Waals surface area contributed by atoms with E-state index in [1.807, 2.05) is 24.3 Å². The summed E-state index contributed by atoms with van der Waals surface area (Å²) in [4.78, 5) is 34.8. The lowest BCUT2D eigenvalue weighted by Crippen LogP contribution is -2.30. The number of amides is 2. The van der Waals surface area contributed by atoms with Crippen LogP contribution in [0.2, 0.25) is 0 Å². The van der Waals surface area contributed by atoms with Gasteiger partial charge in [-0.3, -0.25) is 19.1 Å². The highest BCUT2D eigenvalue weighted by atomic mass is 16.5. The summed E-state index contributed by atoms with van der Waals surface area (Å²) in [7, 11) is 0. The highest BCUT2D eigenvalue weighted by molar-refractivity contribution is 6.04. The van der Waals surface area contributed by atoms with Crippen molar-refractivity contribution in [3.63, 3.8) is 0 Å². The molecule has 1 heterocycles. The second kappa shape index (κ2) is 6.92. The van der Waals surface area contributed by atoms with Gasteiger partial charge in [-0.05, 0) is 25.3 Å². The van der Waals surface area contributed by atoms with Crippen molar-refractivity contribution in [1.29, 1.82) is 0 Å². The van der Waals surface area contributed by atoms with Crippen LogP contribution in [0.5, 0.6) is 0 Å². The molecule has 132 valence electrons. The molecule has 0 saturated heterocycles. The fraction of sp³-hybridized carbons (Fsp3) is 0.412. The van der Waals surface area contributed by atoms with Crippen molar-refractivity contribution in [1.82, 2.24) is 15.1 Å². The average molecular weight is 344 g/mol. The number of benzene rings is 1. The van der Waals surface area contributed by atoms with Crippen LogP contribution in [0, 0.1) is 5.92 Å². The number of esters is 1. The van der Waals surface area contributed by atoms with Crippen molar-refractivity contribution >= 4 is 28.7 Å². The number of primary amides is 1. The molecule has 2 atom stereocenters. The zero-order chi connectivity index (χ0) is 18.0. The zero-order valence-electron chi connectivity index (χ0n) is 13.9. The van der Waals surface area contributed by atoms with E-state index in [9.17, 15) is 14.4 Å². The maximum Gasteiger partial charge on any atom is 0.325 e. The van der Waals surface area contributed by atoms with Crippen molar-refractivity contribution in [2.75, 3.05) is 13.2 Å². The maximum atomic E-state index is 11.9. The molecule has 2 aromatic rings. The van der Waals surface area contributed by atoms with Crippen LogP contribution in [0.4, 0.5) is 0 Å². The Bertz CT molecular complexity index is 829. The summed E-state index contributed by atoms with van der Waals surface area (Å²) in [5.41, 5.74) is 6.47. The van der Waals surface area contributed by atoms with E-state index in [2.05, 4.69) is 10.4 Å². The molecule has 3 N–H and O–H groups in total. The van der Waals surface area contributed by atoms with Gasteiger partial charge in [-0.1, -0.05) is 18.2 Å². The van der Waals surface area contributed by atoms with Crippen LogP contribution in [0.1, 0.15) is 36.3 Å². The molecule has 2 amide bonds. The molecular weight excluding hydrogens is 324 g/mol. The third-order valence-corrected chi connectivity index (χ3v) is 4.23. The van der Waals surface area contributed by atoms with E-state index in [1.165, 1.54) is 0 Å². The van der Waals surface area contributed by atoms with Crippen LogP contribution < -0.4 is 11.1 Å². The largest absolute Gasteiger partial charge is 0.465 e. The highest BCUT2D eigenvalue weighted by Gasteiger charge is 2.42. The minimum absolute atomic E-state index is 0.0475. The van der Waals surface area contributed by atoms with Gasteiger partial charge in [-0.25, -0.2) is 0 Å². The van der Waals surface area contributed by atoms with E-state index >= 15 is 0 Å². The number of hydrogen-bond donors (Lipinski definition) is 2. The number of rotatable bonds is 7. The molecular formula is C17H20N4O4. The first-order valence-corrected chi connectivity index (χ1v) is 8.20.